The largest absolute Gasteiger partial charge is 0.494 e. The highest BCUT2D eigenvalue weighted by Gasteiger charge is 2.32. The van der Waals surface area contributed by atoms with Crippen molar-refractivity contribution in [1.82, 2.24) is 30.0 Å². The molecule has 70 heavy (non-hydrogen) atoms. The van der Waals surface area contributed by atoms with Crippen LogP contribution < -0.4 is 25.6 Å². The minimum atomic E-state index is -1.07. The summed E-state index contributed by atoms with van der Waals surface area (Å²) >= 11 is 1.64. The molecule has 4 N–H and O–H groups in total. The Balaban J connectivity index is 0.694. The van der Waals surface area contributed by atoms with E-state index in [0.29, 0.717) is 61.3 Å². The van der Waals surface area contributed by atoms with E-state index < -0.39 is 11.9 Å². The number of para-hydroxylation sites is 1. The third kappa shape index (κ3) is 9.96. The number of nitrogens with zero attached hydrogens (tertiary/aromatic N) is 6. The molecule has 3 aromatic heterocycles. The Morgan fingerprint density at radius 1 is 0.943 bits per heavy atom. The molecule has 3 aliphatic rings. The van der Waals surface area contributed by atoms with Crippen LogP contribution in [0.3, 0.4) is 0 Å². The molecule has 3 amide bonds. The Labute approximate surface area is 410 Å². The molecule has 2 fully saturated rings. The molecule has 6 heterocycles. The first-order chi connectivity index (χ1) is 33.9. The Morgan fingerprint density at radius 3 is 2.61 bits per heavy atom. The van der Waals surface area contributed by atoms with Crippen LogP contribution in [-0.4, -0.2) is 85.7 Å². The van der Waals surface area contributed by atoms with Crippen LogP contribution >= 0.6 is 11.3 Å². The average Bonchev–Trinajstić information content (AvgIpc) is 3.92. The molecule has 3 aliphatic heterocycles. The highest BCUT2D eigenvalue weighted by molar-refractivity contribution is 7.22. The minimum Gasteiger partial charge on any atom is -0.494 e. The van der Waals surface area contributed by atoms with Gasteiger partial charge in [0.25, 0.3) is 0 Å². The van der Waals surface area contributed by atoms with E-state index in [-0.39, 0.29) is 35.9 Å². The third-order valence-corrected chi connectivity index (χ3v) is 15.2. The Bertz CT molecular complexity index is 3110. The van der Waals surface area contributed by atoms with Crippen molar-refractivity contribution in [3.63, 3.8) is 0 Å². The molecule has 0 spiro atoms. The molecule has 4 aromatic carbocycles. The molecule has 2 saturated heterocycles. The summed E-state index contributed by atoms with van der Waals surface area (Å²) in [6.07, 6.45) is 5.47. The molecular weight excluding hydrogens is 903 g/mol. The van der Waals surface area contributed by atoms with Gasteiger partial charge >= 0.3 is 5.97 Å². The summed E-state index contributed by atoms with van der Waals surface area (Å²) in [5.41, 5.74) is 9.13. The molecule has 10 rings (SSSR count). The molecular formula is C54H57N9O6S. The van der Waals surface area contributed by atoms with Crippen molar-refractivity contribution in [3.05, 3.63) is 125 Å². The lowest BCUT2D eigenvalue weighted by Crippen LogP contribution is -2.44. The summed E-state index contributed by atoms with van der Waals surface area (Å²) < 4.78 is 9.09. The number of amides is 3. The number of aromatic nitrogens is 4. The third-order valence-electron chi connectivity index (χ3n) is 14.2. The first kappa shape index (κ1) is 46.6. The smallest absolute Gasteiger partial charge is 0.355 e. The van der Waals surface area contributed by atoms with Crippen LogP contribution in [0.4, 0.5) is 16.6 Å². The number of nitrogens with one attached hydrogen (secondary N) is 3. The number of pyridine rings is 1. The summed E-state index contributed by atoms with van der Waals surface area (Å²) in [7, 11) is 1.81. The number of benzene rings is 4. The first-order valence-electron chi connectivity index (χ1n) is 24.2. The number of aromatic carboxylic acids is 1. The number of carboxylic acids is 1. The van der Waals surface area contributed by atoms with Crippen molar-refractivity contribution >= 4 is 72.8 Å². The fourth-order valence-corrected chi connectivity index (χ4v) is 11.4. The fraction of sp³-hybridized carbons (Fsp3) is 0.352. The number of imide groups is 1. The van der Waals surface area contributed by atoms with Gasteiger partial charge in [-0.25, -0.2) is 14.8 Å². The Kier molecular flexibility index (Phi) is 13.3. The number of hydrogen-bond donors (Lipinski definition) is 4. The summed E-state index contributed by atoms with van der Waals surface area (Å²) in [4.78, 5) is 64.1. The standard InChI is InChI=1S/C54H57N9O6S/c1-32-26-38(69-25-7-8-34-21-23-62(33(2)27-34)31-49(65)56-37-13-15-41-45(28-37)61(3)60-50(41)42-18-20-48(64)59-52(42)66)14-16-39(32)40-17-19-47(58-51(40)53(67)68)63-24-22-35-9-6-10-36(43(35)30-63)29-55-54-57-44-11-4-5-12-46(44)70-54/h4-6,9-17,19,26,28,33-34,42H,7-8,18,20-25,27,29-31H2,1-3H3,(H,55,57)(H,56,65)(H,67,68)(H,59,64,66)/t33-,34+,42?/m1/s1. The number of anilines is 3. The number of aryl methyl sites for hydroxylation is 2. The van der Waals surface area contributed by atoms with Gasteiger partial charge in [-0.2, -0.15) is 5.10 Å². The lowest BCUT2D eigenvalue weighted by Gasteiger charge is -2.37. The molecule has 15 nitrogen and oxygen atoms in total. The number of ether oxygens (including phenoxy) is 1. The van der Waals surface area contributed by atoms with Crippen molar-refractivity contribution in [2.24, 2.45) is 13.0 Å². The second kappa shape index (κ2) is 20.0. The number of carboxylic acid groups (broad SMARTS) is 1. The molecule has 16 heteroatoms. The maximum atomic E-state index is 13.2. The van der Waals surface area contributed by atoms with Gasteiger partial charge in [0, 0.05) is 55.8 Å². The molecule has 1 unspecified atom stereocenters. The first-order valence-corrected chi connectivity index (χ1v) is 25.0. The van der Waals surface area contributed by atoms with E-state index in [1.165, 1.54) is 16.7 Å². The van der Waals surface area contributed by atoms with Gasteiger partial charge in [-0.05, 0) is 147 Å². The number of fused-ring (bicyclic) bond motifs is 3. The van der Waals surface area contributed by atoms with E-state index in [0.717, 1.165) is 88.3 Å². The van der Waals surface area contributed by atoms with Gasteiger partial charge in [-0.3, -0.25) is 29.3 Å². The van der Waals surface area contributed by atoms with Crippen molar-refractivity contribution in [3.8, 4) is 16.9 Å². The van der Waals surface area contributed by atoms with Crippen LogP contribution in [0.2, 0.25) is 0 Å². The summed E-state index contributed by atoms with van der Waals surface area (Å²) in [6.45, 7) is 7.87. The van der Waals surface area contributed by atoms with E-state index >= 15 is 0 Å². The zero-order valence-electron chi connectivity index (χ0n) is 39.7. The van der Waals surface area contributed by atoms with Gasteiger partial charge in [0.05, 0.1) is 40.5 Å². The Morgan fingerprint density at radius 2 is 1.80 bits per heavy atom. The van der Waals surface area contributed by atoms with E-state index in [2.05, 4.69) is 62.0 Å². The van der Waals surface area contributed by atoms with Gasteiger partial charge in [-0.1, -0.05) is 47.7 Å². The van der Waals surface area contributed by atoms with Crippen LogP contribution in [0.5, 0.6) is 5.75 Å². The van der Waals surface area contributed by atoms with Gasteiger partial charge in [0.15, 0.2) is 10.8 Å². The predicted molar refractivity (Wildman–Crippen MR) is 272 cm³/mol. The minimum absolute atomic E-state index is 0.0258. The Hall–Kier alpha value is -7.17. The van der Waals surface area contributed by atoms with Gasteiger partial charge in [-0.15, -0.1) is 0 Å². The number of rotatable bonds is 15. The summed E-state index contributed by atoms with van der Waals surface area (Å²) in [6, 6.07) is 30.1. The summed E-state index contributed by atoms with van der Waals surface area (Å²) in [5, 5.41) is 25.8. The number of carbonyl (C=O) groups is 4. The highest BCUT2D eigenvalue weighted by atomic mass is 32.1. The molecule has 3 atom stereocenters. The van der Waals surface area contributed by atoms with Crippen LogP contribution in [0.15, 0.2) is 91.0 Å². The van der Waals surface area contributed by atoms with Gasteiger partial charge in [0.1, 0.15) is 11.6 Å². The average molecular weight is 960 g/mol. The summed E-state index contributed by atoms with van der Waals surface area (Å²) in [5.74, 6) is -0.297. The van der Waals surface area contributed by atoms with E-state index in [1.807, 2.05) is 80.7 Å². The second-order valence-corrected chi connectivity index (χ2v) is 19.9. The number of piperidine rings is 2. The molecule has 0 saturated carbocycles. The van der Waals surface area contributed by atoms with Crippen molar-refractivity contribution in [2.45, 2.75) is 83.8 Å². The number of thiazole rings is 1. The topological polar surface area (TPSA) is 184 Å². The number of likely N-dealkylation sites (tertiary alicyclic amines) is 1. The molecule has 0 radical (unpaired) electrons. The second-order valence-electron chi connectivity index (χ2n) is 18.9. The van der Waals surface area contributed by atoms with Crippen LogP contribution in [0, 0.1) is 12.8 Å². The van der Waals surface area contributed by atoms with Crippen molar-refractivity contribution in [2.75, 3.05) is 41.8 Å². The van der Waals surface area contributed by atoms with Crippen molar-refractivity contribution in [1.29, 1.82) is 0 Å². The zero-order valence-corrected chi connectivity index (χ0v) is 40.5. The van der Waals surface area contributed by atoms with E-state index in [1.54, 1.807) is 16.0 Å². The maximum absolute atomic E-state index is 13.2. The SMILES string of the molecule is Cc1cc(OCCC[C@H]2CCN(CC(=O)Nc3ccc4c(C5CCC(=O)NC5=O)nn(C)c4c3)[C@H](C)C2)ccc1-c1ccc(N2CCc3cccc(CNc4nc5ccccc5s4)c3C2)nc1C(=O)O. The quantitative estimate of drug-likeness (QED) is 0.0567. The van der Waals surface area contributed by atoms with E-state index in [4.69, 9.17) is 14.7 Å². The lowest BCUT2D eigenvalue weighted by atomic mass is 9.88. The monoisotopic (exact) mass is 959 g/mol. The maximum Gasteiger partial charge on any atom is 0.355 e. The predicted octanol–water partition coefficient (Wildman–Crippen LogP) is 8.84. The number of hydrogen-bond acceptors (Lipinski definition) is 12. The molecule has 7 aromatic rings. The zero-order chi connectivity index (χ0) is 48.5. The lowest BCUT2D eigenvalue weighted by molar-refractivity contribution is -0.134. The van der Waals surface area contributed by atoms with Crippen LogP contribution in [0.1, 0.15) is 89.8 Å². The normalized spacial score (nSPS) is 18.4. The number of carbonyl (C=O) groups excluding carboxylic acids is 3. The fourth-order valence-electron chi connectivity index (χ4n) is 10.5. The molecule has 360 valence electrons. The van der Waals surface area contributed by atoms with Crippen molar-refractivity contribution < 1.29 is 29.0 Å². The van der Waals surface area contributed by atoms with Crippen LogP contribution in [0.25, 0.3) is 32.2 Å². The van der Waals surface area contributed by atoms with Crippen LogP contribution in [-0.2, 0) is 40.9 Å². The molecule has 0 aliphatic carbocycles. The van der Waals surface area contributed by atoms with Gasteiger partial charge < -0.3 is 25.4 Å². The van der Waals surface area contributed by atoms with Gasteiger partial charge in [0.2, 0.25) is 17.7 Å². The molecule has 0 bridgehead atoms. The van der Waals surface area contributed by atoms with E-state index in [9.17, 15) is 24.3 Å². The highest BCUT2D eigenvalue weighted by Crippen LogP contribution is 2.35.